The van der Waals surface area contributed by atoms with Crippen LogP contribution in [0.1, 0.15) is 54.1 Å². The molecule has 5 rings (SSSR count). The Bertz CT molecular complexity index is 1940. The van der Waals surface area contributed by atoms with Gasteiger partial charge in [-0.1, -0.05) is 41.4 Å². The maximum absolute atomic E-state index is 14.9. The summed E-state index contributed by atoms with van der Waals surface area (Å²) in [5.74, 6) is -5.55. The number of nitriles is 1. The molecule has 1 aromatic heterocycles. The fraction of sp³-hybridized carbons (Fsp3) is 0.382. The van der Waals surface area contributed by atoms with Crippen molar-refractivity contribution in [1.82, 2.24) is 19.5 Å². The molecule has 2 unspecified atom stereocenters. The van der Waals surface area contributed by atoms with Crippen LogP contribution < -0.4 is 10.6 Å². The van der Waals surface area contributed by atoms with Crippen molar-refractivity contribution in [2.45, 2.75) is 61.6 Å². The molecule has 0 saturated carbocycles. The van der Waals surface area contributed by atoms with Crippen LogP contribution in [0.15, 0.2) is 65.8 Å². The molecule has 2 aliphatic rings. The van der Waals surface area contributed by atoms with Gasteiger partial charge in [0.25, 0.3) is 17.7 Å². The van der Waals surface area contributed by atoms with Gasteiger partial charge in [0.1, 0.15) is 6.04 Å². The van der Waals surface area contributed by atoms with Gasteiger partial charge in [0.2, 0.25) is 10.0 Å². The lowest BCUT2D eigenvalue weighted by atomic mass is 9.97. The molecule has 0 bridgehead atoms. The minimum atomic E-state index is -4.51. The molecule has 0 radical (unpaired) electrons. The summed E-state index contributed by atoms with van der Waals surface area (Å²) in [6.07, 6.45) is 2.06. The van der Waals surface area contributed by atoms with Crippen LogP contribution in [-0.2, 0) is 30.8 Å². The van der Waals surface area contributed by atoms with Crippen molar-refractivity contribution in [3.05, 3.63) is 87.7 Å². The number of hydrogen-bond acceptors (Lipinski definition) is 9. The standard InChI is InChI=1S/C34H34Cl2F2N6O6S/c1-2-50-31(46)28(17-22-8-10-24(11-9-22)41-30(45)29-26(35)19-40-20-27(29)36)42-32(47)34(43-14-4-12-33(37,38)21-43)13-5-15-44(34)51(48,49)25-7-3-6-23(16-25)18-39/h3,6-11,16,19-20,28H,2,4-5,12-15,17,21H2,1H3,(H,41,45)(H,42,47). The lowest BCUT2D eigenvalue weighted by Gasteiger charge is -2.48. The summed E-state index contributed by atoms with van der Waals surface area (Å²) in [7, 11) is -4.51. The van der Waals surface area contributed by atoms with E-state index >= 15 is 0 Å². The number of piperidine rings is 1. The third-order valence-corrected chi connectivity index (χ3v) is 11.2. The Balaban J connectivity index is 1.45. The zero-order valence-electron chi connectivity index (χ0n) is 27.4. The highest BCUT2D eigenvalue weighted by atomic mass is 35.5. The molecule has 51 heavy (non-hydrogen) atoms. The number of rotatable bonds is 11. The number of amides is 2. The quantitative estimate of drug-likeness (QED) is 0.256. The largest absolute Gasteiger partial charge is 0.464 e. The molecule has 2 aromatic carbocycles. The number of halogens is 4. The molecule has 17 heteroatoms. The Hall–Kier alpha value is -4.20. The van der Waals surface area contributed by atoms with Crippen molar-refractivity contribution < 1.29 is 36.3 Å². The van der Waals surface area contributed by atoms with Crippen LogP contribution >= 0.6 is 23.2 Å². The van der Waals surface area contributed by atoms with Crippen molar-refractivity contribution in [2.75, 3.05) is 31.6 Å². The molecule has 2 amide bonds. The number of aromatic nitrogens is 1. The first-order valence-electron chi connectivity index (χ1n) is 16.0. The maximum atomic E-state index is 14.9. The van der Waals surface area contributed by atoms with Gasteiger partial charge < -0.3 is 15.4 Å². The Kier molecular flexibility index (Phi) is 11.6. The first kappa shape index (κ1) is 38.0. The number of sulfonamides is 1. The van der Waals surface area contributed by atoms with E-state index in [2.05, 4.69) is 15.6 Å². The zero-order valence-corrected chi connectivity index (χ0v) is 29.7. The van der Waals surface area contributed by atoms with E-state index in [1.54, 1.807) is 31.2 Å². The number of carbonyl (C=O) groups is 3. The number of esters is 1. The summed E-state index contributed by atoms with van der Waals surface area (Å²) in [4.78, 5) is 45.4. The molecule has 3 heterocycles. The Labute approximate surface area is 303 Å². The van der Waals surface area contributed by atoms with Crippen LogP contribution in [0.2, 0.25) is 10.0 Å². The van der Waals surface area contributed by atoms with Gasteiger partial charge in [-0.05, 0) is 62.1 Å². The Morgan fingerprint density at radius 2 is 1.75 bits per heavy atom. The number of hydrogen-bond donors (Lipinski definition) is 2. The number of nitrogens with one attached hydrogen (secondary N) is 2. The summed E-state index contributed by atoms with van der Waals surface area (Å²) in [6, 6.07) is 12.1. The third kappa shape index (κ3) is 8.15. The molecule has 12 nitrogen and oxygen atoms in total. The van der Waals surface area contributed by atoms with E-state index in [4.69, 9.17) is 27.9 Å². The smallest absolute Gasteiger partial charge is 0.328 e. The predicted octanol–water partition coefficient (Wildman–Crippen LogP) is 5.01. The monoisotopic (exact) mass is 762 g/mol. The maximum Gasteiger partial charge on any atom is 0.328 e. The first-order chi connectivity index (χ1) is 24.2. The number of alkyl halides is 2. The highest BCUT2D eigenvalue weighted by Gasteiger charge is 2.59. The summed E-state index contributed by atoms with van der Waals surface area (Å²) >= 11 is 12.2. The number of carbonyl (C=O) groups excluding carboxylic acids is 3. The van der Waals surface area contributed by atoms with Gasteiger partial charge in [-0.15, -0.1) is 0 Å². The number of ether oxygens (including phenoxy) is 1. The Morgan fingerprint density at radius 1 is 1.06 bits per heavy atom. The van der Waals surface area contributed by atoms with E-state index in [9.17, 15) is 36.8 Å². The fourth-order valence-electron chi connectivity index (χ4n) is 6.41. The molecule has 2 N–H and O–H groups in total. The van der Waals surface area contributed by atoms with Crippen LogP contribution in [-0.4, -0.2) is 84.3 Å². The van der Waals surface area contributed by atoms with Crippen LogP contribution in [0.4, 0.5) is 14.5 Å². The number of nitrogens with zero attached hydrogens (tertiary/aromatic N) is 4. The van der Waals surface area contributed by atoms with E-state index in [1.807, 2.05) is 6.07 Å². The lowest BCUT2D eigenvalue weighted by molar-refractivity contribution is -0.158. The number of pyridine rings is 1. The van der Waals surface area contributed by atoms with E-state index in [1.165, 1.54) is 35.5 Å². The number of anilines is 1. The van der Waals surface area contributed by atoms with E-state index in [0.29, 0.717) is 11.3 Å². The average Bonchev–Trinajstić information content (AvgIpc) is 3.56. The topological polar surface area (TPSA) is 162 Å². The number of benzene rings is 2. The van der Waals surface area contributed by atoms with Gasteiger partial charge >= 0.3 is 5.97 Å². The molecule has 2 fully saturated rings. The summed E-state index contributed by atoms with van der Waals surface area (Å²) in [5.41, 5.74) is -1.13. The highest BCUT2D eigenvalue weighted by Crippen LogP contribution is 2.42. The van der Waals surface area contributed by atoms with Gasteiger partial charge in [-0.2, -0.15) is 9.57 Å². The van der Waals surface area contributed by atoms with E-state index in [-0.39, 0.29) is 71.4 Å². The molecule has 2 atom stereocenters. The van der Waals surface area contributed by atoms with Crippen LogP contribution in [0.3, 0.4) is 0 Å². The van der Waals surface area contributed by atoms with Crippen LogP contribution in [0, 0.1) is 11.3 Å². The van der Waals surface area contributed by atoms with Crippen LogP contribution in [0.5, 0.6) is 0 Å². The SMILES string of the molecule is CCOC(=O)C(Cc1ccc(NC(=O)c2c(Cl)cncc2Cl)cc1)NC(=O)C1(N2CCCC(F)(F)C2)CCCN1S(=O)(=O)c1cccc(C#N)c1. The second-order valence-corrected chi connectivity index (χ2v) is 14.8. The Morgan fingerprint density at radius 3 is 2.39 bits per heavy atom. The molecule has 2 saturated heterocycles. The molecular weight excluding hydrogens is 729 g/mol. The first-order valence-corrected chi connectivity index (χ1v) is 18.2. The predicted molar refractivity (Wildman–Crippen MR) is 184 cm³/mol. The van der Waals surface area contributed by atoms with Crippen molar-refractivity contribution in [2.24, 2.45) is 0 Å². The molecule has 2 aliphatic heterocycles. The van der Waals surface area contributed by atoms with Gasteiger partial charge in [0.15, 0.2) is 5.66 Å². The molecule has 0 spiro atoms. The van der Waals surface area contributed by atoms with Crippen molar-refractivity contribution in [1.29, 1.82) is 5.26 Å². The van der Waals surface area contributed by atoms with Gasteiger partial charge in [-0.25, -0.2) is 22.0 Å². The second-order valence-electron chi connectivity index (χ2n) is 12.1. The lowest BCUT2D eigenvalue weighted by Crippen LogP contribution is -2.70. The minimum Gasteiger partial charge on any atom is -0.464 e. The third-order valence-electron chi connectivity index (χ3n) is 8.74. The van der Waals surface area contributed by atoms with Gasteiger partial charge in [-0.3, -0.25) is 19.5 Å². The normalized spacial score (nSPS) is 19.8. The molecular formula is C34H34Cl2F2N6O6S. The zero-order chi connectivity index (χ0) is 37.0. The van der Waals surface area contributed by atoms with E-state index in [0.717, 1.165) is 10.4 Å². The van der Waals surface area contributed by atoms with Crippen molar-refractivity contribution in [3.63, 3.8) is 0 Å². The molecule has 0 aliphatic carbocycles. The second kappa shape index (κ2) is 15.6. The number of likely N-dealkylation sites (tertiary alicyclic amines) is 1. The van der Waals surface area contributed by atoms with Crippen LogP contribution in [0.25, 0.3) is 0 Å². The molecule has 3 aromatic rings. The van der Waals surface area contributed by atoms with Gasteiger partial charge in [0.05, 0.1) is 45.3 Å². The average molecular weight is 764 g/mol. The fourth-order valence-corrected chi connectivity index (χ4v) is 8.78. The molecule has 270 valence electrons. The minimum absolute atomic E-state index is 0.000435. The summed E-state index contributed by atoms with van der Waals surface area (Å²) in [6.45, 7) is 0.503. The van der Waals surface area contributed by atoms with Crippen molar-refractivity contribution in [3.8, 4) is 6.07 Å². The van der Waals surface area contributed by atoms with Crippen molar-refractivity contribution >= 4 is 56.7 Å². The summed E-state index contributed by atoms with van der Waals surface area (Å²) in [5, 5.41) is 14.8. The van der Waals surface area contributed by atoms with Gasteiger partial charge in [0, 0.05) is 44.0 Å². The van der Waals surface area contributed by atoms with E-state index < -0.39 is 58.4 Å². The highest BCUT2D eigenvalue weighted by molar-refractivity contribution is 7.89. The summed E-state index contributed by atoms with van der Waals surface area (Å²) < 4.78 is 64.3.